The summed E-state index contributed by atoms with van der Waals surface area (Å²) in [7, 11) is 1.63. The van der Waals surface area contributed by atoms with Gasteiger partial charge in [0.2, 0.25) is 0 Å². The van der Waals surface area contributed by atoms with Gasteiger partial charge in [-0.1, -0.05) is 30.3 Å². The second-order valence-electron chi connectivity index (χ2n) is 4.04. The van der Waals surface area contributed by atoms with E-state index in [2.05, 4.69) is 12.1 Å². The third-order valence-corrected chi connectivity index (χ3v) is 2.57. The summed E-state index contributed by atoms with van der Waals surface area (Å²) in [5, 5.41) is 2.38. The Labute approximate surface area is 101 Å². The maximum atomic E-state index is 5.79. The zero-order valence-corrected chi connectivity index (χ0v) is 9.93. The molecule has 1 unspecified atom stereocenters. The van der Waals surface area contributed by atoms with Gasteiger partial charge in [0.25, 0.3) is 0 Å². The smallest absolute Gasteiger partial charge is 0.120 e. The highest BCUT2D eigenvalue weighted by atomic mass is 16.5. The zero-order valence-electron chi connectivity index (χ0n) is 9.93. The van der Waals surface area contributed by atoms with Gasteiger partial charge in [0, 0.05) is 7.11 Å². The van der Waals surface area contributed by atoms with Crippen LogP contribution in [0.3, 0.4) is 0 Å². The Morgan fingerprint density at radius 3 is 2.59 bits per heavy atom. The summed E-state index contributed by atoms with van der Waals surface area (Å²) in [6.45, 7) is 0.972. The van der Waals surface area contributed by atoms with Crippen LogP contribution in [0.1, 0.15) is 0 Å². The molecule has 17 heavy (non-hydrogen) atoms. The molecule has 3 heteroatoms. The zero-order chi connectivity index (χ0) is 12.1. The first-order chi connectivity index (χ1) is 8.29. The molecule has 0 bridgehead atoms. The average Bonchev–Trinajstić information content (AvgIpc) is 2.36. The molecule has 0 heterocycles. The van der Waals surface area contributed by atoms with Crippen molar-refractivity contribution in [3.8, 4) is 5.75 Å². The Kier molecular flexibility index (Phi) is 3.96. The Balaban J connectivity index is 2.04. The fourth-order valence-corrected chi connectivity index (χ4v) is 1.72. The molecule has 2 N–H and O–H groups in total. The summed E-state index contributed by atoms with van der Waals surface area (Å²) < 4.78 is 10.6. The minimum atomic E-state index is -0.0912. The fourth-order valence-electron chi connectivity index (χ4n) is 1.72. The van der Waals surface area contributed by atoms with Crippen LogP contribution in [0.25, 0.3) is 10.8 Å². The van der Waals surface area contributed by atoms with Crippen LogP contribution in [0, 0.1) is 0 Å². The minimum absolute atomic E-state index is 0.0912. The first-order valence-electron chi connectivity index (χ1n) is 5.65. The molecule has 3 nitrogen and oxygen atoms in total. The molecule has 2 aromatic rings. The van der Waals surface area contributed by atoms with E-state index >= 15 is 0 Å². The molecule has 0 aromatic heterocycles. The topological polar surface area (TPSA) is 44.5 Å². The average molecular weight is 231 g/mol. The van der Waals surface area contributed by atoms with Crippen molar-refractivity contribution in [2.75, 3.05) is 20.3 Å². The molecular weight excluding hydrogens is 214 g/mol. The number of fused-ring (bicyclic) bond motifs is 1. The SMILES string of the molecule is COCC(N)COc1ccc2ccccc2c1. The van der Waals surface area contributed by atoms with Crippen molar-refractivity contribution in [1.82, 2.24) is 0 Å². The number of hydrogen-bond acceptors (Lipinski definition) is 3. The quantitative estimate of drug-likeness (QED) is 0.858. The third kappa shape index (κ3) is 3.19. The maximum absolute atomic E-state index is 5.79. The van der Waals surface area contributed by atoms with Crippen LogP contribution >= 0.6 is 0 Å². The van der Waals surface area contributed by atoms with Crippen molar-refractivity contribution in [2.24, 2.45) is 5.73 Å². The van der Waals surface area contributed by atoms with Gasteiger partial charge in [0.1, 0.15) is 12.4 Å². The van der Waals surface area contributed by atoms with Crippen LogP contribution in [0.2, 0.25) is 0 Å². The monoisotopic (exact) mass is 231 g/mol. The lowest BCUT2D eigenvalue weighted by atomic mass is 10.1. The van der Waals surface area contributed by atoms with E-state index in [-0.39, 0.29) is 6.04 Å². The van der Waals surface area contributed by atoms with E-state index in [1.165, 1.54) is 10.8 Å². The van der Waals surface area contributed by atoms with E-state index in [4.69, 9.17) is 15.2 Å². The Bertz CT molecular complexity index is 484. The van der Waals surface area contributed by atoms with Crippen LogP contribution < -0.4 is 10.5 Å². The molecule has 0 spiro atoms. The van der Waals surface area contributed by atoms with Crippen molar-refractivity contribution in [3.05, 3.63) is 42.5 Å². The number of rotatable bonds is 5. The fraction of sp³-hybridized carbons (Fsp3) is 0.286. The van der Waals surface area contributed by atoms with Crippen molar-refractivity contribution in [1.29, 1.82) is 0 Å². The molecule has 2 aromatic carbocycles. The van der Waals surface area contributed by atoms with E-state index in [9.17, 15) is 0 Å². The molecule has 90 valence electrons. The number of ether oxygens (including phenoxy) is 2. The van der Waals surface area contributed by atoms with Gasteiger partial charge in [0.05, 0.1) is 12.6 Å². The van der Waals surface area contributed by atoms with Gasteiger partial charge in [-0.05, 0) is 22.9 Å². The van der Waals surface area contributed by atoms with Gasteiger partial charge < -0.3 is 15.2 Å². The van der Waals surface area contributed by atoms with Gasteiger partial charge in [-0.2, -0.15) is 0 Å². The summed E-state index contributed by atoms with van der Waals surface area (Å²) in [6, 6.07) is 14.1. The Morgan fingerprint density at radius 1 is 1.06 bits per heavy atom. The van der Waals surface area contributed by atoms with Crippen molar-refractivity contribution >= 4 is 10.8 Å². The van der Waals surface area contributed by atoms with Gasteiger partial charge in [-0.15, -0.1) is 0 Å². The minimum Gasteiger partial charge on any atom is -0.492 e. The summed E-state index contributed by atoms with van der Waals surface area (Å²) in [4.78, 5) is 0. The highest BCUT2D eigenvalue weighted by Gasteiger charge is 2.03. The van der Waals surface area contributed by atoms with E-state index in [0.29, 0.717) is 13.2 Å². The van der Waals surface area contributed by atoms with Gasteiger partial charge in [-0.25, -0.2) is 0 Å². The number of nitrogens with two attached hydrogens (primary N) is 1. The number of hydrogen-bond donors (Lipinski definition) is 1. The highest BCUT2D eigenvalue weighted by Crippen LogP contribution is 2.20. The summed E-state index contributed by atoms with van der Waals surface area (Å²) in [5.74, 6) is 0.843. The van der Waals surface area contributed by atoms with E-state index in [0.717, 1.165) is 5.75 Å². The number of methoxy groups -OCH3 is 1. The van der Waals surface area contributed by atoms with Crippen LogP contribution in [0.5, 0.6) is 5.75 Å². The molecule has 0 aliphatic heterocycles. The summed E-state index contributed by atoms with van der Waals surface area (Å²) in [5.41, 5.74) is 5.79. The normalized spacial score (nSPS) is 12.6. The largest absolute Gasteiger partial charge is 0.492 e. The maximum Gasteiger partial charge on any atom is 0.120 e. The van der Waals surface area contributed by atoms with Gasteiger partial charge >= 0.3 is 0 Å². The molecule has 0 saturated heterocycles. The molecule has 0 aliphatic carbocycles. The molecule has 1 atom stereocenters. The first kappa shape index (κ1) is 11.9. The van der Waals surface area contributed by atoms with Crippen molar-refractivity contribution < 1.29 is 9.47 Å². The van der Waals surface area contributed by atoms with E-state index in [1.54, 1.807) is 7.11 Å². The molecule has 0 radical (unpaired) electrons. The van der Waals surface area contributed by atoms with Gasteiger partial charge in [0.15, 0.2) is 0 Å². The Hall–Kier alpha value is -1.58. The lowest BCUT2D eigenvalue weighted by Gasteiger charge is -2.12. The Morgan fingerprint density at radius 2 is 1.82 bits per heavy atom. The second-order valence-corrected chi connectivity index (χ2v) is 4.04. The predicted molar refractivity (Wildman–Crippen MR) is 69.3 cm³/mol. The number of benzene rings is 2. The lowest BCUT2D eigenvalue weighted by molar-refractivity contribution is 0.153. The van der Waals surface area contributed by atoms with Crippen LogP contribution in [0.15, 0.2) is 42.5 Å². The third-order valence-electron chi connectivity index (χ3n) is 2.57. The first-order valence-corrected chi connectivity index (χ1v) is 5.65. The molecule has 2 rings (SSSR count). The molecule has 0 fully saturated rings. The summed E-state index contributed by atoms with van der Waals surface area (Å²) in [6.07, 6.45) is 0. The molecule has 0 aliphatic rings. The summed E-state index contributed by atoms with van der Waals surface area (Å²) >= 11 is 0. The lowest BCUT2D eigenvalue weighted by Crippen LogP contribution is -2.32. The standard InChI is InChI=1S/C14H17NO2/c1-16-9-13(15)10-17-14-7-6-11-4-2-3-5-12(11)8-14/h2-8,13H,9-10,15H2,1H3. The van der Waals surface area contributed by atoms with Crippen LogP contribution in [-0.2, 0) is 4.74 Å². The predicted octanol–water partition coefficient (Wildman–Crippen LogP) is 2.19. The molecule has 0 amide bonds. The van der Waals surface area contributed by atoms with E-state index in [1.807, 2.05) is 30.3 Å². The van der Waals surface area contributed by atoms with Crippen molar-refractivity contribution in [3.63, 3.8) is 0 Å². The van der Waals surface area contributed by atoms with Crippen LogP contribution in [0.4, 0.5) is 0 Å². The van der Waals surface area contributed by atoms with Gasteiger partial charge in [-0.3, -0.25) is 0 Å². The molecule has 0 saturated carbocycles. The van der Waals surface area contributed by atoms with Crippen molar-refractivity contribution in [2.45, 2.75) is 6.04 Å². The highest BCUT2D eigenvalue weighted by molar-refractivity contribution is 5.83. The van der Waals surface area contributed by atoms with Crippen LogP contribution in [-0.4, -0.2) is 26.4 Å². The second kappa shape index (κ2) is 5.66. The molecular formula is C14H17NO2. The van der Waals surface area contributed by atoms with E-state index < -0.39 is 0 Å².